The van der Waals surface area contributed by atoms with Gasteiger partial charge in [-0.15, -0.1) is 22.7 Å². The van der Waals surface area contributed by atoms with E-state index in [0.29, 0.717) is 0 Å². The van der Waals surface area contributed by atoms with E-state index in [0.717, 1.165) is 28.1 Å². The second-order valence-electron chi connectivity index (χ2n) is 15.1. The molecule has 0 spiro atoms. The first-order chi connectivity index (χ1) is 47.2. The van der Waals surface area contributed by atoms with Crippen molar-refractivity contribution < 1.29 is 22.1 Å². The lowest BCUT2D eigenvalue weighted by Gasteiger charge is -1.82. The molecule has 556 valence electrons. The molecule has 0 unspecified atom stereocenters. The van der Waals surface area contributed by atoms with E-state index in [1.807, 2.05) is 322 Å². The van der Waals surface area contributed by atoms with Gasteiger partial charge < -0.3 is 36.6 Å². The zero-order chi connectivity index (χ0) is 77.6. The Morgan fingerprint density at radius 1 is 0.402 bits per heavy atom. The van der Waals surface area contributed by atoms with Crippen LogP contribution in [-0.4, -0.2) is 34.5 Å². The maximum atomic E-state index is 4.83. The van der Waals surface area contributed by atoms with Gasteiger partial charge in [0.1, 0.15) is 24.0 Å². The topological polar surface area (TPSA) is 154 Å². The van der Waals surface area contributed by atoms with Crippen LogP contribution in [0.1, 0.15) is 227 Å². The number of nitrogens with one attached hydrogen (secondary N) is 2. The fourth-order valence-electron chi connectivity index (χ4n) is 4.31. The second-order valence-corrected chi connectivity index (χ2v) is 18.2. The molecule has 1 aromatic carbocycles. The third kappa shape index (κ3) is 110. The minimum absolute atomic E-state index is 0.718. The van der Waals surface area contributed by atoms with Gasteiger partial charge in [0, 0.05) is 67.1 Å². The molecular weight excluding hydrogens is 1260 g/mol. The number of oxazole rings is 3. The number of benzene rings is 1. The predicted molar refractivity (Wildman–Crippen MR) is 439 cm³/mol. The monoisotopic (exact) mass is 1400 g/mol. The highest BCUT2D eigenvalue weighted by atomic mass is 32.1. The number of aryl methyl sites for hydroxylation is 12. The number of thiophene rings is 2. The lowest BCUT2D eigenvalue weighted by Crippen LogP contribution is -1.75. The first kappa shape index (κ1) is 117. The van der Waals surface area contributed by atoms with Gasteiger partial charge in [0.15, 0.2) is 18.7 Å². The van der Waals surface area contributed by atoms with E-state index in [1.165, 1.54) is 45.6 Å². The molecular formula is C82H145N7O5S3. The molecule has 0 aliphatic rings. The van der Waals surface area contributed by atoms with E-state index >= 15 is 0 Å². The van der Waals surface area contributed by atoms with Crippen molar-refractivity contribution in [2.45, 2.75) is 242 Å². The standard InChI is InChI=1S/C7H8.3C5H7N.2C5H6O.2C5H6S.3C4H5NO.C4H5NS.12C2H6/c1-7-5-3-2-4-6-7;1-5-2-3-6-4-5;1-6-4-2-3-5-6;1-5-3-2-4-6-5;1-5-2-3-6-4-5;1-5-3-2-4-6-5;1-5-2-3-6-4-5;1-5-3-2-4-6-5;1-4-2-6-3-5-4;1-4-2-5-3-6-4;2*1-4-5-2-3-6-4;12*1-2/h2-6H,1H3;2-4,6H,1H3;2-5H,1H3;2-4,6H,1H3;4*2-4H,1H3;4*2-3H,1H3;12*1-2H3. The van der Waals surface area contributed by atoms with Crippen LogP contribution in [0.15, 0.2) is 234 Å². The molecule has 97 heavy (non-hydrogen) atoms. The van der Waals surface area contributed by atoms with Crippen molar-refractivity contribution in [3.63, 3.8) is 0 Å². The van der Waals surface area contributed by atoms with Crippen molar-refractivity contribution in [1.82, 2.24) is 34.5 Å². The van der Waals surface area contributed by atoms with Crippen LogP contribution < -0.4 is 0 Å². The van der Waals surface area contributed by atoms with E-state index in [2.05, 4.69) is 108 Å². The Labute approximate surface area is 609 Å². The lowest BCUT2D eigenvalue weighted by atomic mass is 10.2. The maximum absolute atomic E-state index is 4.83. The van der Waals surface area contributed by atoms with Crippen LogP contribution in [0.2, 0.25) is 0 Å². The summed E-state index contributed by atoms with van der Waals surface area (Å²) in [6.45, 7) is 69.8. The van der Waals surface area contributed by atoms with Gasteiger partial charge in [-0.2, -0.15) is 11.3 Å². The molecule has 0 saturated heterocycles. The highest BCUT2D eigenvalue weighted by molar-refractivity contribution is 7.10. The number of rotatable bonds is 0. The molecule has 0 aliphatic heterocycles. The molecule has 0 atom stereocenters. The molecule has 0 saturated carbocycles. The molecule has 11 aromatic heterocycles. The van der Waals surface area contributed by atoms with Crippen LogP contribution in [0, 0.1) is 76.2 Å². The average molecular weight is 1410 g/mol. The van der Waals surface area contributed by atoms with Crippen LogP contribution >= 0.6 is 34.0 Å². The van der Waals surface area contributed by atoms with Crippen molar-refractivity contribution >= 4 is 34.0 Å². The highest BCUT2D eigenvalue weighted by Crippen LogP contribution is 2.04. The summed E-state index contributed by atoms with van der Waals surface area (Å²) in [6.07, 6.45) is 25.9. The van der Waals surface area contributed by atoms with Gasteiger partial charge in [-0.05, 0) is 163 Å². The number of furan rings is 2. The van der Waals surface area contributed by atoms with Crippen molar-refractivity contribution in [2.75, 3.05) is 0 Å². The zero-order valence-corrected chi connectivity index (χ0v) is 70.7. The van der Waals surface area contributed by atoms with Gasteiger partial charge in [-0.1, -0.05) is 208 Å². The van der Waals surface area contributed by atoms with Gasteiger partial charge in [0.2, 0.25) is 0 Å². The summed E-state index contributed by atoms with van der Waals surface area (Å²) >= 11 is 5.18. The molecule has 12 nitrogen and oxygen atoms in total. The molecule has 0 amide bonds. The quantitative estimate of drug-likeness (QED) is 0.151. The lowest BCUT2D eigenvalue weighted by molar-refractivity contribution is 0.521. The van der Waals surface area contributed by atoms with Crippen molar-refractivity contribution in [2.24, 2.45) is 7.05 Å². The van der Waals surface area contributed by atoms with Crippen LogP contribution in [0.3, 0.4) is 0 Å². The Hall–Kier alpha value is -7.72. The summed E-state index contributed by atoms with van der Waals surface area (Å²) in [4.78, 5) is 22.4. The molecule has 12 aromatic rings. The summed E-state index contributed by atoms with van der Waals surface area (Å²) in [6, 6.07) is 32.3. The van der Waals surface area contributed by atoms with Crippen LogP contribution in [0.5, 0.6) is 0 Å². The first-order valence-electron chi connectivity index (χ1n) is 34.9. The minimum atomic E-state index is 0.718. The Morgan fingerprint density at radius 2 is 0.990 bits per heavy atom. The Balaban J connectivity index is -0.0000000790. The second kappa shape index (κ2) is 113. The van der Waals surface area contributed by atoms with Crippen LogP contribution in [0.4, 0.5) is 0 Å². The Kier molecular flexibility index (Phi) is 135. The average Bonchev–Trinajstić information content (AvgIpc) is 4.67. The number of hydrogen-bond acceptors (Lipinski definition) is 12. The number of aromatic amines is 2. The van der Waals surface area contributed by atoms with Crippen LogP contribution in [-0.2, 0) is 7.05 Å². The molecule has 0 bridgehead atoms. The Morgan fingerprint density at radius 3 is 1.12 bits per heavy atom. The normalized spacial score (nSPS) is 7.38. The number of H-pyrrole nitrogens is 2. The van der Waals surface area contributed by atoms with Gasteiger partial charge in [-0.3, -0.25) is 4.98 Å². The maximum Gasteiger partial charge on any atom is 0.190 e. The minimum Gasteiger partial charge on any atom is -0.472 e. The number of hydrogen-bond donors (Lipinski definition) is 2. The third-order valence-corrected chi connectivity index (χ3v) is 10.4. The SMILES string of the molecule is CC.CC.CC.CC.CC.CC.CC.CC.CC.CC.CC.CC.Cc1cc[nH]c1.Cc1ccc[nH]1.Cc1ccccc1.Cc1ccco1.Cc1cccs1.Cc1ccoc1.Cc1ccsc1.Cc1cnco1.Cc1cocn1.Cc1ncco1.Cc1nccs1.Cn1cccc1. The molecule has 0 radical (unpaired) electrons. The van der Waals surface area contributed by atoms with E-state index in [4.69, 9.17) is 17.7 Å². The molecule has 0 aliphatic carbocycles. The largest absolute Gasteiger partial charge is 0.472 e. The van der Waals surface area contributed by atoms with Gasteiger partial charge in [0.25, 0.3) is 0 Å². The van der Waals surface area contributed by atoms with Gasteiger partial charge in [0.05, 0.1) is 41.9 Å². The van der Waals surface area contributed by atoms with Gasteiger partial charge >= 0.3 is 0 Å². The summed E-state index contributed by atoms with van der Waals surface area (Å²) in [7, 11) is 2.00. The fraction of sp³-hybridized carbons (Fsp3) is 0.439. The summed E-state index contributed by atoms with van der Waals surface area (Å²) in [5.41, 5.74) is 7.29. The number of nitrogens with zero attached hydrogens (tertiary/aromatic N) is 5. The zero-order valence-electron chi connectivity index (χ0n) is 68.2. The molecule has 11 heterocycles. The molecule has 15 heteroatoms. The number of thiazole rings is 1. The Bertz CT molecular complexity index is 2140. The number of aromatic nitrogens is 7. The highest BCUT2D eigenvalue weighted by Gasteiger charge is 1.81. The van der Waals surface area contributed by atoms with E-state index in [-0.39, 0.29) is 0 Å². The van der Waals surface area contributed by atoms with Crippen molar-refractivity contribution in [3.05, 3.63) is 273 Å². The van der Waals surface area contributed by atoms with Crippen molar-refractivity contribution in [1.29, 1.82) is 0 Å². The summed E-state index contributed by atoms with van der Waals surface area (Å²) in [5, 5.41) is 9.38. The van der Waals surface area contributed by atoms with E-state index in [1.54, 1.807) is 90.8 Å². The van der Waals surface area contributed by atoms with E-state index < -0.39 is 0 Å². The van der Waals surface area contributed by atoms with Gasteiger partial charge in [-0.25, -0.2) is 15.0 Å². The summed E-state index contributed by atoms with van der Waals surface area (Å²) in [5.74, 6) is 2.54. The molecule has 12 rings (SSSR count). The van der Waals surface area contributed by atoms with Crippen molar-refractivity contribution in [3.8, 4) is 0 Å². The first-order valence-corrected chi connectivity index (χ1v) is 37.6. The van der Waals surface area contributed by atoms with E-state index in [9.17, 15) is 0 Å². The third-order valence-electron chi connectivity index (χ3n) is 8.08. The predicted octanol–water partition coefficient (Wildman–Crippen LogP) is 29.7. The smallest absolute Gasteiger partial charge is 0.190 e. The molecule has 2 N–H and O–H groups in total. The fourth-order valence-corrected chi connectivity index (χ4v) is 5.94. The summed E-state index contributed by atoms with van der Waals surface area (Å²) < 4.78 is 25.6. The van der Waals surface area contributed by atoms with Crippen LogP contribution in [0.25, 0.3) is 0 Å². The molecule has 0 fully saturated rings.